The van der Waals surface area contributed by atoms with Crippen LogP contribution >= 0.6 is 23.1 Å². The van der Waals surface area contributed by atoms with E-state index in [9.17, 15) is 14.7 Å². The maximum Gasteiger partial charge on any atom is 0.239 e. The number of allylic oxidation sites excluding steroid dienone is 3. The molecule has 0 spiro atoms. The van der Waals surface area contributed by atoms with Gasteiger partial charge in [0.15, 0.2) is 18.1 Å². The number of thiazole rings is 1. The van der Waals surface area contributed by atoms with E-state index in [0.29, 0.717) is 13.1 Å². The van der Waals surface area contributed by atoms with Gasteiger partial charge in [-0.1, -0.05) is 108 Å². The summed E-state index contributed by atoms with van der Waals surface area (Å²) < 4.78 is 3.28. The van der Waals surface area contributed by atoms with Crippen LogP contribution in [0.1, 0.15) is 16.1 Å². The third-order valence-corrected chi connectivity index (χ3v) is 10.0. The second-order valence-electron chi connectivity index (χ2n) is 10.4. The number of fused-ring (bicyclic) bond motifs is 2. The fourth-order valence-electron chi connectivity index (χ4n) is 5.61. The van der Waals surface area contributed by atoms with Crippen molar-refractivity contribution in [2.45, 2.75) is 24.4 Å². The lowest BCUT2D eigenvalue weighted by atomic mass is 9.99. The van der Waals surface area contributed by atoms with Crippen molar-refractivity contribution in [1.82, 2.24) is 0 Å². The number of anilines is 1. The zero-order valence-electron chi connectivity index (χ0n) is 22.6. The Balaban J connectivity index is 1.20. The van der Waals surface area contributed by atoms with Crippen molar-refractivity contribution < 1.29 is 19.3 Å². The number of aliphatic hydroxyl groups is 1. The second kappa shape index (κ2) is 11.1. The molecule has 1 atom stereocenters. The van der Waals surface area contributed by atoms with Crippen LogP contribution in [-0.2, 0) is 29.1 Å². The fourth-order valence-corrected chi connectivity index (χ4v) is 7.92. The number of rotatable bonds is 7. The average Bonchev–Trinajstić information content (AvgIpc) is 3.61. The molecule has 1 unspecified atom stereocenters. The van der Waals surface area contributed by atoms with Gasteiger partial charge < -0.3 is 10.0 Å². The summed E-state index contributed by atoms with van der Waals surface area (Å²) in [5, 5.41) is 12.7. The van der Waals surface area contributed by atoms with Crippen LogP contribution in [0.2, 0.25) is 0 Å². The second-order valence-corrected chi connectivity index (χ2v) is 12.6. The highest BCUT2D eigenvalue weighted by Crippen LogP contribution is 2.47. The van der Waals surface area contributed by atoms with Crippen LogP contribution < -0.4 is 9.47 Å². The Kier molecular flexibility index (Phi) is 6.98. The average molecular weight is 588 g/mol. The molecule has 1 N–H and O–H groups in total. The van der Waals surface area contributed by atoms with E-state index >= 15 is 0 Å². The summed E-state index contributed by atoms with van der Waals surface area (Å²) in [6, 6.07) is 36.5. The zero-order chi connectivity index (χ0) is 28.6. The lowest BCUT2D eigenvalue weighted by molar-refractivity contribution is -0.665. The third kappa shape index (κ3) is 4.85. The van der Waals surface area contributed by atoms with E-state index in [1.54, 1.807) is 29.2 Å². The van der Waals surface area contributed by atoms with E-state index in [-0.39, 0.29) is 17.8 Å². The first kappa shape index (κ1) is 26.4. The number of Topliss-reactive ketones (excluding diaryl/α,β-unsaturated/α-hetero) is 2. The summed E-state index contributed by atoms with van der Waals surface area (Å²) in [6.45, 7) is 1.24. The molecule has 4 aromatic carbocycles. The van der Waals surface area contributed by atoms with E-state index in [1.807, 2.05) is 66.7 Å². The van der Waals surface area contributed by atoms with E-state index in [2.05, 4.69) is 51.9 Å². The minimum Gasteiger partial charge on any atom is -0.504 e. The molecule has 5 nitrogen and oxygen atoms in total. The van der Waals surface area contributed by atoms with Gasteiger partial charge in [0.1, 0.15) is 4.70 Å². The molecular formula is C35H27N2O3S2+. The number of carbonyl (C=O) groups is 2. The largest absolute Gasteiger partial charge is 0.504 e. The first-order valence-corrected chi connectivity index (χ1v) is 15.5. The number of nitrogens with zero attached hydrogens (tertiary/aromatic N) is 2. The summed E-state index contributed by atoms with van der Waals surface area (Å²) in [4.78, 5) is 30.4. The van der Waals surface area contributed by atoms with E-state index in [4.69, 9.17) is 0 Å². The number of ketones is 2. The van der Waals surface area contributed by atoms with Crippen LogP contribution in [0.15, 0.2) is 137 Å². The minimum atomic E-state index is -0.955. The van der Waals surface area contributed by atoms with Crippen LogP contribution in [0.3, 0.4) is 0 Å². The molecule has 2 heterocycles. The Morgan fingerprint density at radius 3 is 2.24 bits per heavy atom. The number of carbonyl (C=O) groups excluding carboxylic acids is 2. The lowest BCUT2D eigenvalue weighted by Crippen LogP contribution is -2.38. The Morgan fingerprint density at radius 1 is 0.786 bits per heavy atom. The predicted molar refractivity (Wildman–Crippen MR) is 167 cm³/mol. The molecule has 1 aliphatic heterocycles. The molecule has 2 aliphatic rings. The number of hydrogen-bond donors (Lipinski definition) is 1. The van der Waals surface area contributed by atoms with Gasteiger partial charge >= 0.3 is 0 Å². The molecule has 206 valence electrons. The molecular weight excluding hydrogens is 561 g/mol. The molecule has 5 aromatic rings. The normalized spacial score (nSPS) is 17.6. The summed E-state index contributed by atoms with van der Waals surface area (Å²) in [6.07, 6.45) is 1.94. The van der Waals surface area contributed by atoms with E-state index in [0.717, 1.165) is 42.0 Å². The van der Waals surface area contributed by atoms with Crippen molar-refractivity contribution in [1.29, 1.82) is 0 Å². The van der Waals surface area contributed by atoms with E-state index < -0.39 is 17.5 Å². The number of thioether (sulfide) groups is 1. The molecule has 7 heteroatoms. The standard InChI is InChI=1S/C35H26N2O3S2/c38-33-25(19-31-36(21-23-11-3-1-4-12-23)27-15-7-9-17-29(27)41-31)34(39)35(40)26(33)20-32-37(22-24-13-5-2-6-14-24)28-16-8-10-18-30(28)42-32/h1-19,26H,20-22H2/p+1/b31-19-. The summed E-state index contributed by atoms with van der Waals surface area (Å²) in [5.41, 5.74) is 4.46. The van der Waals surface area contributed by atoms with Crippen LogP contribution in [0, 0.1) is 5.92 Å². The van der Waals surface area contributed by atoms with Crippen molar-refractivity contribution in [3.8, 4) is 0 Å². The van der Waals surface area contributed by atoms with Gasteiger partial charge in [-0.15, -0.1) is 0 Å². The molecule has 0 amide bonds. The molecule has 0 fully saturated rings. The smallest absolute Gasteiger partial charge is 0.239 e. The van der Waals surface area contributed by atoms with Crippen LogP contribution in [0.25, 0.3) is 10.2 Å². The Hall–Kier alpha value is -4.46. The molecule has 1 aliphatic carbocycles. The van der Waals surface area contributed by atoms with Crippen molar-refractivity contribution in [3.05, 3.63) is 148 Å². The van der Waals surface area contributed by atoms with Gasteiger partial charge in [0.25, 0.3) is 0 Å². The van der Waals surface area contributed by atoms with Crippen molar-refractivity contribution in [3.63, 3.8) is 0 Å². The van der Waals surface area contributed by atoms with Crippen LogP contribution in [0.5, 0.6) is 0 Å². The fraction of sp³-hybridized carbons (Fsp3) is 0.114. The number of aromatic nitrogens is 1. The number of benzene rings is 4. The van der Waals surface area contributed by atoms with Gasteiger partial charge in [-0.25, -0.2) is 0 Å². The molecule has 7 rings (SSSR count). The quantitative estimate of drug-likeness (QED) is 0.164. The molecule has 1 aromatic heterocycles. The third-order valence-electron chi connectivity index (χ3n) is 7.72. The monoisotopic (exact) mass is 587 g/mol. The lowest BCUT2D eigenvalue weighted by Gasteiger charge is -2.21. The topological polar surface area (TPSA) is 61.5 Å². The minimum absolute atomic E-state index is 0.0917. The van der Waals surface area contributed by atoms with Crippen molar-refractivity contribution in [2.24, 2.45) is 5.92 Å². The highest BCUT2D eigenvalue weighted by molar-refractivity contribution is 8.03. The Bertz CT molecular complexity index is 1890. The Morgan fingerprint density at radius 2 is 1.45 bits per heavy atom. The van der Waals surface area contributed by atoms with Gasteiger partial charge in [0.05, 0.1) is 28.6 Å². The van der Waals surface area contributed by atoms with Gasteiger partial charge in [-0.2, -0.15) is 4.57 Å². The molecule has 0 saturated carbocycles. The summed E-state index contributed by atoms with van der Waals surface area (Å²) >= 11 is 3.14. The highest BCUT2D eigenvalue weighted by atomic mass is 32.2. The summed E-state index contributed by atoms with van der Waals surface area (Å²) in [5.74, 6) is -2.23. The van der Waals surface area contributed by atoms with Crippen molar-refractivity contribution in [2.75, 3.05) is 4.90 Å². The van der Waals surface area contributed by atoms with Crippen LogP contribution in [0.4, 0.5) is 5.69 Å². The maximum atomic E-state index is 13.8. The molecule has 0 radical (unpaired) electrons. The first-order chi connectivity index (χ1) is 20.6. The number of aliphatic hydroxyl groups excluding tert-OH is 1. The van der Waals surface area contributed by atoms with Gasteiger partial charge in [0.2, 0.25) is 16.3 Å². The molecule has 0 bridgehead atoms. The number of hydrogen-bond acceptors (Lipinski definition) is 6. The maximum absolute atomic E-state index is 13.8. The van der Waals surface area contributed by atoms with Gasteiger partial charge in [-0.05, 0) is 29.8 Å². The number of para-hydroxylation sites is 2. The zero-order valence-corrected chi connectivity index (χ0v) is 24.3. The van der Waals surface area contributed by atoms with Gasteiger partial charge in [-0.3, -0.25) is 9.59 Å². The molecule has 0 saturated heterocycles. The highest BCUT2D eigenvalue weighted by Gasteiger charge is 2.43. The van der Waals surface area contributed by atoms with Crippen molar-refractivity contribution >= 4 is 50.6 Å². The predicted octanol–water partition coefficient (Wildman–Crippen LogP) is 7.01. The first-order valence-electron chi connectivity index (χ1n) is 13.8. The summed E-state index contributed by atoms with van der Waals surface area (Å²) in [7, 11) is 0. The van der Waals surface area contributed by atoms with Gasteiger partial charge in [0, 0.05) is 23.1 Å². The van der Waals surface area contributed by atoms with E-state index in [1.165, 1.54) is 0 Å². The molecule has 42 heavy (non-hydrogen) atoms. The van der Waals surface area contributed by atoms with Crippen LogP contribution in [-0.4, -0.2) is 16.7 Å². The Labute approximate surface area is 252 Å². The SMILES string of the molecule is O=C1C(O)=C(/C=C2\Sc3ccccc3N2Cc2ccccc2)C(=O)C1Cc1sc2ccccc2[n+]1Cc1ccccc1.